The summed E-state index contributed by atoms with van der Waals surface area (Å²) in [5.41, 5.74) is 3.40. The number of amides is 1. The Kier molecular flexibility index (Phi) is 8.72. The fourth-order valence-electron chi connectivity index (χ4n) is 2.70. The highest BCUT2D eigenvalue weighted by Gasteiger charge is 2.19. The van der Waals surface area contributed by atoms with Crippen LogP contribution in [0.25, 0.3) is 0 Å². The van der Waals surface area contributed by atoms with Crippen molar-refractivity contribution in [3.63, 3.8) is 0 Å². The lowest BCUT2D eigenvalue weighted by Gasteiger charge is -2.16. The molecule has 0 saturated carbocycles. The number of nitrogens with zero attached hydrogens (tertiary/aromatic N) is 1. The number of hydrogen-bond acceptors (Lipinski definition) is 5. The Balaban J connectivity index is 1.55. The normalized spacial score (nSPS) is 11.8. The first-order chi connectivity index (χ1) is 15.9. The molecule has 3 rings (SSSR count). The van der Waals surface area contributed by atoms with E-state index in [1.54, 1.807) is 67.6 Å². The predicted molar refractivity (Wildman–Crippen MR) is 130 cm³/mol. The van der Waals surface area contributed by atoms with Gasteiger partial charge in [0.05, 0.1) is 21.8 Å². The van der Waals surface area contributed by atoms with Gasteiger partial charge in [-0.25, -0.2) is 10.2 Å². The Morgan fingerprint density at radius 3 is 2.39 bits per heavy atom. The summed E-state index contributed by atoms with van der Waals surface area (Å²) in [7, 11) is 0. The lowest BCUT2D eigenvalue weighted by Crippen LogP contribution is -2.35. The molecule has 0 unspecified atom stereocenters. The van der Waals surface area contributed by atoms with Gasteiger partial charge in [0.25, 0.3) is 5.91 Å². The van der Waals surface area contributed by atoms with Crippen molar-refractivity contribution in [1.82, 2.24) is 5.43 Å². The van der Waals surface area contributed by atoms with Gasteiger partial charge in [-0.05, 0) is 66.6 Å². The van der Waals surface area contributed by atoms with E-state index in [0.29, 0.717) is 38.6 Å². The van der Waals surface area contributed by atoms with E-state index in [9.17, 15) is 9.59 Å². The Morgan fingerprint density at radius 1 is 1.00 bits per heavy atom. The highest BCUT2D eigenvalue weighted by Crippen LogP contribution is 2.28. The largest absolute Gasteiger partial charge is 0.479 e. The highest BCUT2D eigenvalue weighted by molar-refractivity contribution is 6.35. The van der Waals surface area contributed by atoms with E-state index >= 15 is 0 Å². The van der Waals surface area contributed by atoms with E-state index in [-0.39, 0.29) is 5.56 Å². The average molecular weight is 506 g/mol. The standard InChI is InChI=1S/C24H19Cl3N2O4/c1-2-21(33-22-12-9-16(25)13-20(22)27)23(30)29-28-14-15-7-10-17(11-8-15)32-24(31)18-5-3-4-6-19(18)26/h3-14,21H,2H2,1H3,(H,29,30)/b28-14-/t21-/m0/s1. The first-order valence-corrected chi connectivity index (χ1v) is 11.0. The van der Waals surface area contributed by atoms with Gasteiger partial charge in [0.1, 0.15) is 11.5 Å². The third-order valence-corrected chi connectivity index (χ3v) is 5.26. The Hall–Kier alpha value is -3.06. The number of benzene rings is 3. The van der Waals surface area contributed by atoms with Gasteiger partial charge in [-0.3, -0.25) is 4.79 Å². The van der Waals surface area contributed by atoms with Gasteiger partial charge in [-0.1, -0.05) is 53.9 Å². The zero-order valence-electron chi connectivity index (χ0n) is 17.4. The van der Waals surface area contributed by atoms with Gasteiger partial charge in [0.2, 0.25) is 0 Å². The molecule has 0 radical (unpaired) electrons. The SMILES string of the molecule is CC[C@H](Oc1ccc(Cl)cc1Cl)C(=O)N/N=C\c1ccc(OC(=O)c2ccccc2Cl)cc1. The van der Waals surface area contributed by atoms with Crippen LogP contribution >= 0.6 is 34.8 Å². The molecule has 1 atom stereocenters. The molecule has 0 aromatic heterocycles. The monoisotopic (exact) mass is 504 g/mol. The number of carbonyl (C=O) groups excluding carboxylic acids is 2. The van der Waals surface area contributed by atoms with Crippen molar-refractivity contribution in [2.45, 2.75) is 19.4 Å². The summed E-state index contributed by atoms with van der Waals surface area (Å²) in [5, 5.41) is 5.05. The minimum atomic E-state index is -0.785. The smallest absolute Gasteiger partial charge is 0.345 e. The zero-order valence-corrected chi connectivity index (χ0v) is 19.7. The van der Waals surface area contributed by atoms with Crippen LogP contribution in [0.5, 0.6) is 11.5 Å². The van der Waals surface area contributed by atoms with E-state index in [1.807, 2.05) is 0 Å². The lowest BCUT2D eigenvalue weighted by atomic mass is 10.2. The number of nitrogens with one attached hydrogen (secondary N) is 1. The molecule has 0 spiro atoms. The molecular weight excluding hydrogens is 487 g/mol. The molecule has 0 fully saturated rings. The van der Waals surface area contributed by atoms with Crippen molar-refractivity contribution in [1.29, 1.82) is 0 Å². The summed E-state index contributed by atoms with van der Waals surface area (Å²) in [5.74, 6) is -0.278. The third kappa shape index (κ3) is 6.96. The van der Waals surface area contributed by atoms with Crippen LogP contribution in [0, 0.1) is 0 Å². The van der Waals surface area contributed by atoms with E-state index in [0.717, 1.165) is 0 Å². The van der Waals surface area contributed by atoms with E-state index < -0.39 is 18.0 Å². The molecule has 0 saturated heterocycles. The molecule has 0 aliphatic carbocycles. The number of esters is 1. The number of hydrogen-bond donors (Lipinski definition) is 1. The van der Waals surface area contributed by atoms with Crippen molar-refractivity contribution in [2.24, 2.45) is 5.10 Å². The van der Waals surface area contributed by atoms with Crippen molar-refractivity contribution < 1.29 is 19.1 Å². The first kappa shape index (κ1) is 24.6. The maximum absolute atomic E-state index is 12.4. The second kappa shape index (κ2) is 11.7. The van der Waals surface area contributed by atoms with Gasteiger partial charge in [-0.2, -0.15) is 5.10 Å². The van der Waals surface area contributed by atoms with Gasteiger partial charge in [0.15, 0.2) is 6.10 Å². The molecule has 3 aromatic carbocycles. The van der Waals surface area contributed by atoms with Crippen LogP contribution in [0.2, 0.25) is 15.1 Å². The van der Waals surface area contributed by atoms with Crippen LogP contribution < -0.4 is 14.9 Å². The molecule has 1 N–H and O–H groups in total. The molecule has 0 aliphatic heterocycles. The third-order valence-electron chi connectivity index (χ3n) is 4.40. The topological polar surface area (TPSA) is 77.0 Å². The highest BCUT2D eigenvalue weighted by atomic mass is 35.5. The molecule has 33 heavy (non-hydrogen) atoms. The summed E-state index contributed by atoms with van der Waals surface area (Å²) in [6.45, 7) is 1.81. The van der Waals surface area contributed by atoms with Crippen LogP contribution in [0.4, 0.5) is 0 Å². The van der Waals surface area contributed by atoms with Crippen LogP contribution in [-0.4, -0.2) is 24.2 Å². The molecule has 0 heterocycles. The lowest BCUT2D eigenvalue weighted by molar-refractivity contribution is -0.128. The predicted octanol–water partition coefficient (Wildman–Crippen LogP) is 6.17. The fraction of sp³-hybridized carbons (Fsp3) is 0.125. The van der Waals surface area contributed by atoms with Crippen LogP contribution in [0.15, 0.2) is 71.8 Å². The Bertz CT molecular complexity index is 1170. The van der Waals surface area contributed by atoms with Crippen molar-refractivity contribution in [3.8, 4) is 11.5 Å². The molecule has 0 bridgehead atoms. The average Bonchev–Trinajstić information content (AvgIpc) is 2.80. The number of ether oxygens (including phenoxy) is 2. The van der Waals surface area contributed by atoms with Crippen LogP contribution in [-0.2, 0) is 4.79 Å². The van der Waals surface area contributed by atoms with Gasteiger partial charge < -0.3 is 9.47 Å². The van der Waals surface area contributed by atoms with E-state index in [2.05, 4.69) is 10.5 Å². The summed E-state index contributed by atoms with van der Waals surface area (Å²) >= 11 is 18.0. The van der Waals surface area contributed by atoms with Crippen molar-refractivity contribution in [2.75, 3.05) is 0 Å². The second-order valence-corrected chi connectivity index (χ2v) is 8.01. The van der Waals surface area contributed by atoms with Crippen molar-refractivity contribution >= 4 is 52.9 Å². The summed E-state index contributed by atoms with van der Waals surface area (Å²) in [6.07, 6.45) is 1.08. The minimum Gasteiger partial charge on any atom is -0.479 e. The number of hydrazone groups is 1. The second-order valence-electron chi connectivity index (χ2n) is 6.76. The minimum absolute atomic E-state index is 0.278. The van der Waals surface area contributed by atoms with Gasteiger partial charge in [0, 0.05) is 5.02 Å². The summed E-state index contributed by atoms with van der Waals surface area (Å²) in [4.78, 5) is 24.6. The van der Waals surface area contributed by atoms with E-state index in [4.69, 9.17) is 44.3 Å². The maximum atomic E-state index is 12.4. The molecule has 9 heteroatoms. The Morgan fingerprint density at radius 2 is 1.73 bits per heavy atom. The Labute approximate surface area is 206 Å². The number of carbonyl (C=O) groups is 2. The molecule has 1 amide bonds. The number of rotatable bonds is 8. The fourth-order valence-corrected chi connectivity index (χ4v) is 3.37. The zero-order chi connectivity index (χ0) is 23.8. The van der Waals surface area contributed by atoms with E-state index in [1.165, 1.54) is 12.3 Å². The van der Waals surface area contributed by atoms with Crippen LogP contribution in [0.1, 0.15) is 29.3 Å². The first-order valence-electron chi connectivity index (χ1n) is 9.88. The maximum Gasteiger partial charge on any atom is 0.345 e. The van der Waals surface area contributed by atoms with Crippen LogP contribution in [0.3, 0.4) is 0 Å². The quantitative estimate of drug-likeness (QED) is 0.172. The molecule has 6 nitrogen and oxygen atoms in total. The summed E-state index contributed by atoms with van der Waals surface area (Å²) < 4.78 is 11.0. The molecule has 0 aliphatic rings. The molecular formula is C24H19Cl3N2O4. The van der Waals surface area contributed by atoms with Crippen molar-refractivity contribution in [3.05, 3.63) is 92.9 Å². The molecule has 3 aromatic rings. The van der Waals surface area contributed by atoms with Gasteiger partial charge >= 0.3 is 5.97 Å². The van der Waals surface area contributed by atoms with Gasteiger partial charge in [-0.15, -0.1) is 0 Å². The summed E-state index contributed by atoms with van der Waals surface area (Å²) in [6, 6.07) is 18.0. The molecule has 170 valence electrons. The number of halogens is 3.